The van der Waals surface area contributed by atoms with Gasteiger partial charge in [-0.1, -0.05) is 6.07 Å². The summed E-state index contributed by atoms with van der Waals surface area (Å²) in [6.45, 7) is 0. The first-order chi connectivity index (χ1) is 14.6. The molecule has 1 aliphatic rings. The monoisotopic (exact) mass is 408 g/mol. The number of hydrogen-bond donors (Lipinski definition) is 2. The van der Waals surface area contributed by atoms with Gasteiger partial charge in [0.25, 0.3) is 0 Å². The van der Waals surface area contributed by atoms with E-state index in [2.05, 4.69) is 21.4 Å². The summed E-state index contributed by atoms with van der Waals surface area (Å²) in [7, 11) is 6.38. The first-order valence-electron chi connectivity index (χ1n) is 9.48. The minimum Gasteiger partial charge on any atom is -0.497 e. The van der Waals surface area contributed by atoms with Crippen LogP contribution >= 0.6 is 0 Å². The largest absolute Gasteiger partial charge is 0.497 e. The number of aryl methyl sites for hydroxylation is 2. The Bertz CT molecular complexity index is 1080. The molecular formula is C22H24N4O4. The molecule has 0 spiro atoms. The standard InChI is InChI=1S/C22H24N4O4/c1-27-14-7-5-12-6-8-16-19(15(12)11-14)21(26-22(23)25-16)24-13-9-17(28-2)20(30-4)18(10-13)29-3/h5,7,9-11H,6,8H2,1-4H3,(H3,23,24,25,26). The van der Waals surface area contributed by atoms with Crippen LogP contribution in [-0.4, -0.2) is 38.4 Å². The van der Waals surface area contributed by atoms with Crippen LogP contribution in [0.15, 0.2) is 30.3 Å². The van der Waals surface area contributed by atoms with Gasteiger partial charge >= 0.3 is 0 Å². The average molecular weight is 408 g/mol. The molecule has 2 aromatic carbocycles. The molecular weight excluding hydrogens is 384 g/mol. The highest BCUT2D eigenvalue weighted by atomic mass is 16.5. The van der Waals surface area contributed by atoms with Crippen LogP contribution in [0, 0.1) is 0 Å². The fourth-order valence-electron chi connectivity index (χ4n) is 3.76. The molecule has 1 aliphatic carbocycles. The molecule has 8 heteroatoms. The molecule has 0 fully saturated rings. The Hall–Kier alpha value is -3.68. The minimum absolute atomic E-state index is 0.218. The normalized spacial score (nSPS) is 11.9. The Morgan fingerprint density at radius 3 is 2.23 bits per heavy atom. The molecule has 4 rings (SSSR count). The Morgan fingerprint density at radius 1 is 0.867 bits per heavy atom. The lowest BCUT2D eigenvalue weighted by Crippen LogP contribution is -2.12. The van der Waals surface area contributed by atoms with Crippen molar-refractivity contribution in [3.63, 3.8) is 0 Å². The summed E-state index contributed by atoms with van der Waals surface area (Å²) in [4.78, 5) is 8.97. The van der Waals surface area contributed by atoms with Gasteiger partial charge in [0.05, 0.1) is 34.1 Å². The van der Waals surface area contributed by atoms with Crippen molar-refractivity contribution in [3.8, 4) is 34.1 Å². The van der Waals surface area contributed by atoms with Gasteiger partial charge in [0.2, 0.25) is 11.7 Å². The summed E-state index contributed by atoms with van der Waals surface area (Å²) in [5, 5.41) is 3.36. The molecule has 0 radical (unpaired) electrons. The van der Waals surface area contributed by atoms with Gasteiger partial charge in [0.15, 0.2) is 11.5 Å². The van der Waals surface area contributed by atoms with Gasteiger partial charge in [0, 0.05) is 23.4 Å². The van der Waals surface area contributed by atoms with Crippen LogP contribution in [0.25, 0.3) is 11.1 Å². The van der Waals surface area contributed by atoms with Crippen LogP contribution in [-0.2, 0) is 12.8 Å². The summed E-state index contributed by atoms with van der Waals surface area (Å²) in [6, 6.07) is 9.70. The number of nitrogens with zero attached hydrogens (tertiary/aromatic N) is 2. The third kappa shape index (κ3) is 3.41. The molecule has 156 valence electrons. The number of nitrogens with two attached hydrogens (primary N) is 1. The van der Waals surface area contributed by atoms with Crippen LogP contribution in [0.4, 0.5) is 17.5 Å². The molecule has 3 N–H and O–H groups in total. The smallest absolute Gasteiger partial charge is 0.222 e. The molecule has 0 saturated heterocycles. The highest BCUT2D eigenvalue weighted by Crippen LogP contribution is 2.43. The molecule has 8 nitrogen and oxygen atoms in total. The van der Waals surface area contributed by atoms with E-state index in [-0.39, 0.29) is 5.95 Å². The van der Waals surface area contributed by atoms with Crippen LogP contribution in [0.5, 0.6) is 23.0 Å². The van der Waals surface area contributed by atoms with Crippen molar-refractivity contribution in [3.05, 3.63) is 41.6 Å². The fourth-order valence-corrected chi connectivity index (χ4v) is 3.76. The SMILES string of the molecule is COc1ccc2c(c1)-c1c(nc(N)nc1Nc1cc(OC)c(OC)c(OC)c1)CC2. The first-order valence-corrected chi connectivity index (χ1v) is 9.48. The van der Waals surface area contributed by atoms with Crippen molar-refractivity contribution in [2.75, 3.05) is 39.5 Å². The van der Waals surface area contributed by atoms with E-state index < -0.39 is 0 Å². The Balaban J connectivity index is 1.85. The maximum Gasteiger partial charge on any atom is 0.222 e. The molecule has 0 unspecified atom stereocenters. The van der Waals surface area contributed by atoms with Gasteiger partial charge in [0.1, 0.15) is 11.6 Å². The number of ether oxygens (including phenoxy) is 4. The Morgan fingerprint density at radius 2 is 1.60 bits per heavy atom. The quantitative estimate of drug-likeness (QED) is 0.638. The highest BCUT2D eigenvalue weighted by Gasteiger charge is 2.24. The Kier molecular flexibility index (Phi) is 5.22. The number of anilines is 3. The fraction of sp³-hybridized carbons (Fsp3) is 0.273. The zero-order chi connectivity index (χ0) is 21.3. The molecule has 3 aromatic rings. The Labute approximate surface area is 175 Å². The predicted molar refractivity (Wildman–Crippen MR) is 115 cm³/mol. The van der Waals surface area contributed by atoms with Crippen molar-refractivity contribution < 1.29 is 18.9 Å². The molecule has 0 aliphatic heterocycles. The summed E-state index contributed by atoms with van der Waals surface area (Å²) >= 11 is 0. The van der Waals surface area contributed by atoms with E-state index in [0.29, 0.717) is 23.1 Å². The summed E-state index contributed by atoms with van der Waals surface area (Å²) in [5.41, 5.74) is 10.8. The number of rotatable bonds is 6. The van der Waals surface area contributed by atoms with Gasteiger partial charge in [-0.3, -0.25) is 0 Å². The van der Waals surface area contributed by atoms with Crippen molar-refractivity contribution in [2.24, 2.45) is 0 Å². The van der Waals surface area contributed by atoms with Crippen molar-refractivity contribution >= 4 is 17.5 Å². The number of hydrogen-bond acceptors (Lipinski definition) is 8. The number of nitrogens with one attached hydrogen (secondary N) is 1. The lowest BCUT2D eigenvalue weighted by atomic mass is 9.88. The lowest BCUT2D eigenvalue weighted by molar-refractivity contribution is 0.324. The molecule has 0 amide bonds. The summed E-state index contributed by atoms with van der Waals surface area (Å²) in [6.07, 6.45) is 1.66. The number of methoxy groups -OCH3 is 4. The molecule has 30 heavy (non-hydrogen) atoms. The molecule has 0 saturated carbocycles. The van der Waals surface area contributed by atoms with E-state index >= 15 is 0 Å². The number of nitrogen functional groups attached to an aromatic ring is 1. The maximum absolute atomic E-state index is 6.01. The number of aromatic nitrogens is 2. The summed E-state index contributed by atoms with van der Waals surface area (Å²) < 4.78 is 21.8. The molecule has 1 heterocycles. The average Bonchev–Trinajstić information content (AvgIpc) is 2.77. The summed E-state index contributed by atoms with van der Waals surface area (Å²) in [5.74, 6) is 3.20. The molecule has 1 aromatic heterocycles. The van der Waals surface area contributed by atoms with Crippen molar-refractivity contribution in [2.45, 2.75) is 12.8 Å². The third-order valence-electron chi connectivity index (χ3n) is 5.15. The van der Waals surface area contributed by atoms with Crippen LogP contribution in [0.3, 0.4) is 0 Å². The van der Waals surface area contributed by atoms with Gasteiger partial charge < -0.3 is 30.0 Å². The number of fused-ring (bicyclic) bond motifs is 3. The van der Waals surface area contributed by atoms with Gasteiger partial charge in [-0.25, -0.2) is 4.98 Å². The van der Waals surface area contributed by atoms with E-state index in [9.17, 15) is 0 Å². The maximum atomic E-state index is 6.01. The minimum atomic E-state index is 0.218. The molecule has 0 atom stereocenters. The van der Waals surface area contributed by atoms with Gasteiger partial charge in [-0.2, -0.15) is 4.98 Å². The first kappa shape index (κ1) is 19.6. The van der Waals surface area contributed by atoms with Crippen LogP contribution in [0.2, 0.25) is 0 Å². The van der Waals surface area contributed by atoms with Crippen LogP contribution < -0.4 is 30.0 Å². The zero-order valence-corrected chi connectivity index (χ0v) is 17.4. The van der Waals surface area contributed by atoms with Gasteiger partial charge in [-0.05, 0) is 36.1 Å². The highest BCUT2D eigenvalue weighted by molar-refractivity contribution is 5.85. The molecule has 0 bridgehead atoms. The van der Waals surface area contributed by atoms with E-state index in [1.165, 1.54) is 5.56 Å². The van der Waals surface area contributed by atoms with E-state index in [0.717, 1.165) is 41.1 Å². The van der Waals surface area contributed by atoms with Crippen molar-refractivity contribution in [1.82, 2.24) is 9.97 Å². The van der Waals surface area contributed by atoms with Crippen molar-refractivity contribution in [1.29, 1.82) is 0 Å². The van der Waals surface area contributed by atoms with Gasteiger partial charge in [-0.15, -0.1) is 0 Å². The topological polar surface area (TPSA) is 101 Å². The second-order valence-corrected chi connectivity index (χ2v) is 6.81. The number of benzene rings is 2. The third-order valence-corrected chi connectivity index (χ3v) is 5.15. The van der Waals surface area contributed by atoms with E-state index in [1.807, 2.05) is 24.3 Å². The predicted octanol–water partition coefficient (Wildman–Crippen LogP) is 3.60. The van der Waals surface area contributed by atoms with Crippen LogP contribution in [0.1, 0.15) is 11.3 Å². The second-order valence-electron chi connectivity index (χ2n) is 6.81. The lowest BCUT2D eigenvalue weighted by Gasteiger charge is -2.23. The second kappa shape index (κ2) is 7.98. The van der Waals surface area contributed by atoms with E-state index in [1.54, 1.807) is 28.4 Å². The van der Waals surface area contributed by atoms with E-state index in [4.69, 9.17) is 24.7 Å². The zero-order valence-electron chi connectivity index (χ0n) is 17.4.